The van der Waals surface area contributed by atoms with Crippen LogP contribution in [0.3, 0.4) is 0 Å². The van der Waals surface area contributed by atoms with Crippen molar-refractivity contribution in [2.75, 3.05) is 111 Å². The van der Waals surface area contributed by atoms with E-state index in [1.165, 1.54) is 91.9 Å². The summed E-state index contributed by atoms with van der Waals surface area (Å²) in [6.07, 6.45) is 34.1. The normalized spacial score (nSPS) is 21.1. The highest BCUT2D eigenvalue weighted by molar-refractivity contribution is 5.72. The summed E-state index contributed by atoms with van der Waals surface area (Å²) in [5.74, 6) is 2.54. The van der Waals surface area contributed by atoms with Crippen molar-refractivity contribution in [1.29, 1.82) is 0 Å². The van der Waals surface area contributed by atoms with Crippen LogP contribution in [0, 0.1) is 6.92 Å². The van der Waals surface area contributed by atoms with Crippen LogP contribution in [0.4, 0.5) is 46.0 Å². The molecule has 2 aromatic carbocycles. The Bertz CT molecular complexity index is 3240. The van der Waals surface area contributed by atoms with E-state index in [0.717, 1.165) is 225 Å². The monoisotopic (exact) mass is 1600 g/mol. The second-order valence-electron chi connectivity index (χ2n) is 44.2. The Morgan fingerprint density at radius 2 is 0.426 bits per heavy atom. The molecule has 5 aliphatic rings. The van der Waals surface area contributed by atoms with Crippen molar-refractivity contribution in [3.63, 3.8) is 0 Å². The van der Waals surface area contributed by atoms with Crippen LogP contribution in [0.25, 0.3) is 0 Å². The lowest BCUT2D eigenvalue weighted by Crippen LogP contribution is -2.63. The molecule has 0 bridgehead atoms. The van der Waals surface area contributed by atoms with Gasteiger partial charge in [0.15, 0.2) is 0 Å². The zero-order valence-electron chi connectivity index (χ0n) is 80.3. The van der Waals surface area contributed by atoms with E-state index in [-0.39, 0.29) is 61.4 Å². The van der Waals surface area contributed by atoms with Gasteiger partial charge < -0.3 is 65.8 Å². The van der Waals surface area contributed by atoms with Gasteiger partial charge in [-0.2, -0.15) is 15.0 Å². The molecule has 16 heteroatoms. The van der Waals surface area contributed by atoms with Crippen LogP contribution >= 0.6 is 0 Å². The highest BCUT2D eigenvalue weighted by Gasteiger charge is 2.47. The number of anilines is 8. The molecular formula is C99H182N16. The lowest BCUT2D eigenvalue weighted by Gasteiger charge is -2.52. The highest BCUT2D eigenvalue weighted by Crippen LogP contribution is 2.45. The van der Waals surface area contributed by atoms with E-state index in [0.29, 0.717) is 24.2 Å². The van der Waals surface area contributed by atoms with Crippen LogP contribution in [0.1, 0.15) is 385 Å². The predicted molar refractivity (Wildman–Crippen MR) is 504 cm³/mol. The van der Waals surface area contributed by atoms with E-state index in [1.54, 1.807) is 0 Å². The molecule has 5 fully saturated rings. The van der Waals surface area contributed by atoms with Gasteiger partial charge in [0.1, 0.15) is 5.82 Å². The van der Waals surface area contributed by atoms with Gasteiger partial charge in [0, 0.05) is 192 Å². The first kappa shape index (κ1) is 96.1. The second kappa shape index (κ2) is 41.5. The SMILES string of the molecule is CCCCN(CCCC)c1cc(N(CCCC)CCCC)cc(N(CCCCCN(c2cc(N(CCCC)C3CC(C)(C)NC(C)(C)C3)cc(N(CCCCCN(c3nc(C)nc(N(CCCC)CCCC)n3)C3CC(C)(C)NC(C)(C)C3)C3CC(C)(C)NC(C)(C)C3)c2)C2CC(C)(C)NC(C)(C)C2)C2CC(C)(C)NC(C)(C)C2)c1. The Hall–Kier alpha value is -4.35. The number of piperidine rings is 5. The van der Waals surface area contributed by atoms with E-state index in [2.05, 4.69) is 296 Å². The quantitative estimate of drug-likeness (QED) is 0.0344. The summed E-state index contributed by atoms with van der Waals surface area (Å²) in [4.78, 5) is 38.5. The van der Waals surface area contributed by atoms with Crippen LogP contribution in [0.5, 0.6) is 0 Å². The lowest BCUT2D eigenvalue weighted by atomic mass is 9.78. The van der Waals surface area contributed by atoms with Gasteiger partial charge in [-0.05, 0) is 329 Å². The molecule has 0 saturated carbocycles. The highest BCUT2D eigenvalue weighted by atomic mass is 15.4. The van der Waals surface area contributed by atoms with Gasteiger partial charge >= 0.3 is 0 Å². The van der Waals surface area contributed by atoms with Gasteiger partial charge in [-0.25, -0.2) is 0 Å². The number of unbranched alkanes of at least 4 members (excludes halogenated alkanes) is 11. The summed E-state index contributed by atoms with van der Waals surface area (Å²) >= 11 is 0. The average Bonchev–Trinajstić information content (AvgIpc) is 0.767. The van der Waals surface area contributed by atoms with Gasteiger partial charge in [0.05, 0.1) is 0 Å². The number of nitrogens with one attached hydrogen (secondary N) is 5. The molecule has 5 saturated heterocycles. The predicted octanol–water partition coefficient (Wildman–Crippen LogP) is 22.5. The molecule has 0 amide bonds. The van der Waals surface area contributed by atoms with Crippen LogP contribution in [-0.2, 0) is 0 Å². The first-order valence-electron chi connectivity index (χ1n) is 47.9. The van der Waals surface area contributed by atoms with Gasteiger partial charge in [0.2, 0.25) is 11.9 Å². The van der Waals surface area contributed by atoms with E-state index in [1.807, 2.05) is 0 Å². The van der Waals surface area contributed by atoms with Crippen molar-refractivity contribution in [3.05, 3.63) is 42.2 Å². The van der Waals surface area contributed by atoms with Crippen molar-refractivity contribution in [3.8, 4) is 0 Å². The van der Waals surface area contributed by atoms with Crippen molar-refractivity contribution in [2.24, 2.45) is 0 Å². The molecule has 0 aliphatic carbocycles. The van der Waals surface area contributed by atoms with E-state index >= 15 is 0 Å². The first-order valence-corrected chi connectivity index (χ1v) is 47.9. The molecular weight excluding hydrogens is 1410 g/mol. The van der Waals surface area contributed by atoms with E-state index in [9.17, 15) is 0 Å². The van der Waals surface area contributed by atoms with Crippen molar-refractivity contribution >= 4 is 46.0 Å². The lowest BCUT2D eigenvalue weighted by molar-refractivity contribution is 0.157. The Labute approximate surface area is 709 Å². The van der Waals surface area contributed by atoms with E-state index < -0.39 is 0 Å². The summed E-state index contributed by atoms with van der Waals surface area (Å²) in [5.41, 5.74) is 8.32. The Kier molecular flexibility index (Phi) is 34.7. The third-order valence-electron chi connectivity index (χ3n) is 26.2. The number of aromatic nitrogens is 3. The minimum Gasteiger partial charge on any atom is -0.371 e. The maximum absolute atomic E-state index is 5.52. The fourth-order valence-electron chi connectivity index (χ4n) is 22.8. The molecule has 0 spiro atoms. The van der Waals surface area contributed by atoms with Crippen molar-refractivity contribution in [1.82, 2.24) is 41.5 Å². The fraction of sp³-hybridized carbons (Fsp3) is 0.848. The van der Waals surface area contributed by atoms with Crippen molar-refractivity contribution in [2.45, 2.75) is 472 Å². The van der Waals surface area contributed by atoms with Gasteiger partial charge in [-0.15, -0.1) is 0 Å². The van der Waals surface area contributed by atoms with Crippen LogP contribution < -0.4 is 65.8 Å². The molecule has 16 nitrogen and oxygen atoms in total. The molecule has 8 rings (SSSR count). The first-order chi connectivity index (χ1) is 53.9. The minimum absolute atomic E-state index is 0.00771. The molecule has 5 aliphatic heterocycles. The average molecular weight is 1600 g/mol. The van der Waals surface area contributed by atoms with Gasteiger partial charge in [-0.3, -0.25) is 0 Å². The molecule has 6 heterocycles. The number of hydrogen-bond acceptors (Lipinski definition) is 16. The minimum atomic E-state index is -0.0435. The Morgan fingerprint density at radius 1 is 0.235 bits per heavy atom. The van der Waals surface area contributed by atoms with Gasteiger partial charge in [-0.1, -0.05) is 93.4 Å². The summed E-state index contributed by atoms with van der Waals surface area (Å²) in [6.45, 7) is 79.2. The third kappa shape index (κ3) is 29.5. The molecule has 0 radical (unpaired) electrons. The molecule has 0 unspecified atom stereocenters. The molecule has 3 aromatic rings. The molecule has 115 heavy (non-hydrogen) atoms. The maximum Gasteiger partial charge on any atom is 0.230 e. The molecule has 0 atom stereocenters. The third-order valence-corrected chi connectivity index (χ3v) is 26.2. The maximum atomic E-state index is 5.52. The second-order valence-corrected chi connectivity index (χ2v) is 44.2. The zero-order valence-corrected chi connectivity index (χ0v) is 80.3. The topological polar surface area (TPSA) is 125 Å². The van der Waals surface area contributed by atoms with Crippen molar-refractivity contribution < 1.29 is 0 Å². The summed E-state index contributed by atoms with van der Waals surface area (Å²) in [6, 6.07) is 17.9. The summed E-state index contributed by atoms with van der Waals surface area (Å²) in [7, 11) is 0. The largest absolute Gasteiger partial charge is 0.371 e. The standard InChI is InChI=1S/C99H182N16/c1-29-36-49-108(50-37-30-2)77-60-78(109(51-38-31-3)52-39-32-4)62-79(61-77)112(84-68-92(13,14)104-93(15,16)69-84)56-45-43-46-57-113(85-70-94(17,18)105-95(19,20)71-85)81-63-80(111(55-42-35-7)83-66-90(9,10)103-91(11,12)67-83)64-82(65-81)114(86-72-96(21,22)106-97(23,24)73-86)58-47-44-48-59-115(87-74-98(25,26)107-99(27,28)75-87)89-101-76(8)100-88(102-89)110(53-40-33-5)54-41-34-6/h60-65,83-87,103-107H,29-59,66-75H2,1-28H3. The molecule has 5 N–H and O–H groups in total. The van der Waals surface area contributed by atoms with Crippen LogP contribution in [0.15, 0.2) is 36.4 Å². The Balaban J connectivity index is 1.23. The Morgan fingerprint density at radius 3 is 0.678 bits per heavy atom. The zero-order chi connectivity index (χ0) is 84.6. The van der Waals surface area contributed by atoms with Gasteiger partial charge in [0.25, 0.3) is 0 Å². The molecule has 1 aromatic heterocycles. The van der Waals surface area contributed by atoms with Crippen LogP contribution in [0.2, 0.25) is 0 Å². The molecule has 658 valence electrons. The smallest absolute Gasteiger partial charge is 0.230 e. The van der Waals surface area contributed by atoms with Crippen LogP contribution in [-0.4, -0.2) is 173 Å². The number of nitrogens with zero attached hydrogens (tertiary/aromatic N) is 11. The number of aryl methyl sites for hydroxylation is 1. The number of hydrogen-bond donors (Lipinski definition) is 5. The fourth-order valence-corrected chi connectivity index (χ4v) is 22.8. The number of rotatable bonds is 46. The summed E-state index contributed by atoms with van der Waals surface area (Å²) in [5, 5.41) is 20.6. The summed E-state index contributed by atoms with van der Waals surface area (Å²) < 4.78 is 0. The number of benzene rings is 2. The van der Waals surface area contributed by atoms with E-state index in [4.69, 9.17) is 15.0 Å².